The van der Waals surface area contributed by atoms with E-state index in [0.717, 1.165) is 53.8 Å². The van der Waals surface area contributed by atoms with Crippen LogP contribution in [0.3, 0.4) is 0 Å². The summed E-state index contributed by atoms with van der Waals surface area (Å²) < 4.78 is 5.59. The quantitative estimate of drug-likeness (QED) is 0.704. The number of benzene rings is 1. The number of aryl methyl sites for hydroxylation is 2. The molecule has 4 rings (SSSR count). The van der Waals surface area contributed by atoms with E-state index in [1.165, 1.54) is 16.9 Å². The fourth-order valence-corrected chi connectivity index (χ4v) is 4.60. The highest BCUT2D eigenvalue weighted by Gasteiger charge is 2.19. The molecule has 0 aliphatic heterocycles. The molecule has 3 aromatic rings. The maximum Gasteiger partial charge on any atom is 0.260 e. The molecule has 0 atom stereocenters. The third kappa shape index (κ3) is 3.44. The Morgan fingerprint density at radius 2 is 2.00 bits per heavy atom. The number of rotatable bonds is 5. The van der Waals surface area contributed by atoms with Crippen LogP contribution in [-0.2, 0) is 12.8 Å². The number of nitrogens with zero attached hydrogens (tertiary/aromatic N) is 1. The van der Waals surface area contributed by atoms with Gasteiger partial charge in [-0.05, 0) is 61.4 Å². The highest BCUT2D eigenvalue weighted by Crippen LogP contribution is 2.33. The van der Waals surface area contributed by atoms with Crippen molar-refractivity contribution in [2.75, 3.05) is 6.61 Å². The largest absolute Gasteiger partial charge is 0.494 e. The second-order valence-electron chi connectivity index (χ2n) is 6.59. The zero-order chi connectivity index (χ0) is 17.9. The fraction of sp³-hybridized carbons (Fsp3) is 0.333. The molecule has 26 heavy (non-hydrogen) atoms. The highest BCUT2D eigenvalue weighted by atomic mass is 32.1. The molecule has 0 fully saturated rings. The summed E-state index contributed by atoms with van der Waals surface area (Å²) >= 11 is 1.68. The van der Waals surface area contributed by atoms with Gasteiger partial charge in [0.15, 0.2) is 0 Å². The van der Waals surface area contributed by atoms with Crippen molar-refractivity contribution in [1.29, 1.82) is 0 Å². The van der Waals surface area contributed by atoms with Gasteiger partial charge in [0.05, 0.1) is 12.0 Å². The molecule has 0 bridgehead atoms. The van der Waals surface area contributed by atoms with Crippen LogP contribution < -0.4 is 10.3 Å². The Morgan fingerprint density at radius 3 is 2.81 bits per heavy atom. The van der Waals surface area contributed by atoms with Gasteiger partial charge in [0.25, 0.3) is 5.56 Å². The van der Waals surface area contributed by atoms with Gasteiger partial charge in [-0.2, -0.15) is 0 Å². The number of nitrogens with one attached hydrogen (secondary N) is 1. The third-order valence-electron chi connectivity index (χ3n) is 4.63. The Kier molecular flexibility index (Phi) is 4.89. The molecule has 1 aliphatic rings. The van der Waals surface area contributed by atoms with E-state index < -0.39 is 0 Å². The van der Waals surface area contributed by atoms with E-state index in [-0.39, 0.29) is 5.56 Å². The molecular formula is C21H22N2O2S. The minimum Gasteiger partial charge on any atom is -0.494 e. The van der Waals surface area contributed by atoms with Crippen molar-refractivity contribution in [2.45, 2.75) is 39.0 Å². The first-order chi connectivity index (χ1) is 12.7. The average molecular weight is 366 g/mol. The predicted molar refractivity (Wildman–Crippen MR) is 108 cm³/mol. The van der Waals surface area contributed by atoms with Crippen molar-refractivity contribution in [3.8, 4) is 5.75 Å². The molecule has 4 nitrogen and oxygen atoms in total. The van der Waals surface area contributed by atoms with Crippen molar-refractivity contribution < 1.29 is 4.74 Å². The summed E-state index contributed by atoms with van der Waals surface area (Å²) in [4.78, 5) is 22.3. The molecule has 1 N–H and O–H groups in total. The van der Waals surface area contributed by atoms with Gasteiger partial charge in [-0.25, -0.2) is 4.98 Å². The first-order valence-electron chi connectivity index (χ1n) is 9.20. The first-order valence-corrected chi connectivity index (χ1v) is 10.0. The Balaban J connectivity index is 1.59. The standard InChI is InChI=1S/C21H22N2O2S/c1-2-13-25-15-10-7-14(8-11-15)9-12-18-22-20(24)19-16-5-3-4-6-17(16)26-21(19)23-18/h7-12H,2-6,13H2,1H3,(H,22,23,24). The van der Waals surface area contributed by atoms with Crippen molar-refractivity contribution in [2.24, 2.45) is 0 Å². The smallest absolute Gasteiger partial charge is 0.260 e. The molecule has 1 aromatic carbocycles. The number of hydrogen-bond acceptors (Lipinski definition) is 4. The van der Waals surface area contributed by atoms with Gasteiger partial charge in [0.2, 0.25) is 0 Å². The van der Waals surface area contributed by atoms with Gasteiger partial charge < -0.3 is 9.72 Å². The van der Waals surface area contributed by atoms with Gasteiger partial charge >= 0.3 is 0 Å². The molecule has 0 saturated heterocycles. The molecule has 0 spiro atoms. The summed E-state index contributed by atoms with van der Waals surface area (Å²) in [5.41, 5.74) is 2.25. The van der Waals surface area contributed by atoms with Crippen molar-refractivity contribution >= 4 is 33.7 Å². The van der Waals surface area contributed by atoms with E-state index in [2.05, 4.69) is 16.9 Å². The molecule has 2 aromatic heterocycles. The lowest BCUT2D eigenvalue weighted by Gasteiger charge is -2.09. The molecule has 0 amide bonds. The lowest BCUT2D eigenvalue weighted by atomic mass is 9.97. The van der Waals surface area contributed by atoms with E-state index >= 15 is 0 Å². The normalized spacial score (nSPS) is 14.0. The van der Waals surface area contributed by atoms with Gasteiger partial charge in [-0.3, -0.25) is 4.79 Å². The third-order valence-corrected chi connectivity index (χ3v) is 5.82. The number of thiophene rings is 1. The maximum atomic E-state index is 12.5. The van der Waals surface area contributed by atoms with Gasteiger partial charge in [-0.15, -0.1) is 11.3 Å². The summed E-state index contributed by atoms with van der Waals surface area (Å²) in [5.74, 6) is 1.48. The highest BCUT2D eigenvalue weighted by molar-refractivity contribution is 7.18. The first kappa shape index (κ1) is 17.0. The molecule has 134 valence electrons. The fourth-order valence-electron chi connectivity index (χ4n) is 3.33. The Morgan fingerprint density at radius 1 is 1.19 bits per heavy atom. The van der Waals surface area contributed by atoms with Crippen LogP contribution in [0, 0.1) is 0 Å². The summed E-state index contributed by atoms with van der Waals surface area (Å²) in [6.07, 6.45) is 9.27. The zero-order valence-electron chi connectivity index (χ0n) is 14.9. The predicted octanol–water partition coefficient (Wildman–Crippen LogP) is 4.82. The van der Waals surface area contributed by atoms with Crippen LogP contribution in [0.25, 0.3) is 22.4 Å². The summed E-state index contributed by atoms with van der Waals surface area (Å²) in [5, 5.41) is 0.805. The Labute approximate surface area is 156 Å². The van der Waals surface area contributed by atoms with Gasteiger partial charge in [0, 0.05) is 4.88 Å². The Bertz CT molecular complexity index is 999. The van der Waals surface area contributed by atoms with Crippen LogP contribution >= 0.6 is 11.3 Å². The van der Waals surface area contributed by atoms with Crippen molar-refractivity contribution in [3.63, 3.8) is 0 Å². The van der Waals surface area contributed by atoms with E-state index in [4.69, 9.17) is 4.74 Å². The zero-order valence-corrected chi connectivity index (χ0v) is 15.7. The molecule has 0 saturated carbocycles. The molecule has 1 aliphatic carbocycles. The number of ether oxygens (including phenoxy) is 1. The lowest BCUT2D eigenvalue weighted by Crippen LogP contribution is -2.11. The topological polar surface area (TPSA) is 55.0 Å². The van der Waals surface area contributed by atoms with Crippen molar-refractivity contribution in [1.82, 2.24) is 9.97 Å². The lowest BCUT2D eigenvalue weighted by molar-refractivity contribution is 0.317. The minimum atomic E-state index is -0.0163. The van der Waals surface area contributed by atoms with Crippen LogP contribution in [0.2, 0.25) is 0 Å². The maximum absolute atomic E-state index is 12.5. The number of fused-ring (bicyclic) bond motifs is 3. The molecular weight excluding hydrogens is 344 g/mol. The van der Waals surface area contributed by atoms with Crippen LogP contribution in [0.15, 0.2) is 29.1 Å². The molecule has 5 heteroatoms. The van der Waals surface area contributed by atoms with Crippen LogP contribution in [0.1, 0.15) is 48.0 Å². The van der Waals surface area contributed by atoms with Crippen LogP contribution in [0.5, 0.6) is 5.75 Å². The summed E-state index contributed by atoms with van der Waals surface area (Å²) in [6, 6.07) is 7.92. The molecule has 0 radical (unpaired) electrons. The van der Waals surface area contributed by atoms with Crippen LogP contribution in [-0.4, -0.2) is 16.6 Å². The van der Waals surface area contributed by atoms with Crippen molar-refractivity contribution in [3.05, 3.63) is 56.4 Å². The molecule has 0 unspecified atom stereocenters. The van der Waals surface area contributed by atoms with Crippen LogP contribution in [0.4, 0.5) is 0 Å². The van der Waals surface area contributed by atoms with Gasteiger partial charge in [-0.1, -0.05) is 25.1 Å². The SMILES string of the molecule is CCCOc1ccc(C=Cc2nc3sc4c(c3c(=O)[nH]2)CCCC4)cc1. The minimum absolute atomic E-state index is 0.0163. The average Bonchev–Trinajstić information content (AvgIpc) is 3.04. The monoisotopic (exact) mass is 366 g/mol. The number of aromatic amines is 1. The number of H-pyrrole nitrogens is 1. The van der Waals surface area contributed by atoms with E-state index in [9.17, 15) is 4.79 Å². The second kappa shape index (κ2) is 7.46. The summed E-state index contributed by atoms with van der Waals surface area (Å²) in [7, 11) is 0. The summed E-state index contributed by atoms with van der Waals surface area (Å²) in [6.45, 7) is 2.82. The second-order valence-corrected chi connectivity index (χ2v) is 7.68. The van der Waals surface area contributed by atoms with E-state index in [0.29, 0.717) is 5.82 Å². The van der Waals surface area contributed by atoms with Gasteiger partial charge in [0.1, 0.15) is 16.4 Å². The van der Waals surface area contributed by atoms with E-state index in [1.54, 1.807) is 11.3 Å². The Hall–Kier alpha value is -2.40. The number of aromatic nitrogens is 2. The molecule has 2 heterocycles. The number of hydrogen-bond donors (Lipinski definition) is 1. The van der Waals surface area contributed by atoms with E-state index in [1.807, 2.05) is 36.4 Å².